The number of aromatic nitrogens is 3. The Hall–Kier alpha value is -4.28. The molecule has 56 heavy (non-hydrogen) atoms. The third-order valence-electron chi connectivity index (χ3n) is 10.7. The average molecular weight is 821 g/mol. The summed E-state index contributed by atoms with van der Waals surface area (Å²) >= 11 is 0. The van der Waals surface area contributed by atoms with Crippen LogP contribution in [0.25, 0.3) is 10.9 Å². The number of fused-ring (bicyclic) bond motifs is 1. The predicted octanol–water partition coefficient (Wildman–Crippen LogP) is 4.76. The topological polar surface area (TPSA) is 134 Å². The van der Waals surface area contributed by atoms with E-state index < -0.39 is 28.7 Å². The molecule has 0 unspecified atom stereocenters. The maximum atomic E-state index is 16.4. The zero-order valence-corrected chi connectivity index (χ0v) is 33.2. The molecule has 0 amide bonds. The highest BCUT2D eigenvalue weighted by Crippen LogP contribution is 2.40. The van der Waals surface area contributed by atoms with Crippen LogP contribution in [0, 0.1) is 25.5 Å². The number of nitrogens with zero attached hydrogens (tertiary/aromatic N) is 5. The van der Waals surface area contributed by atoms with Crippen LogP contribution in [0.4, 0.5) is 26.0 Å². The zero-order chi connectivity index (χ0) is 37.9. The molecule has 2 N–H and O–H groups in total. The summed E-state index contributed by atoms with van der Waals surface area (Å²) in [6.45, 7) is 10.1. The average Bonchev–Trinajstić information content (AvgIpc) is 4.00. The van der Waals surface area contributed by atoms with E-state index in [9.17, 15) is 19.2 Å². The summed E-state index contributed by atoms with van der Waals surface area (Å²) in [5.41, 5.74) is 1.000. The first kappa shape index (κ1) is 42.9. The number of aromatic amines is 1. The van der Waals surface area contributed by atoms with E-state index in [0.29, 0.717) is 64.7 Å². The number of piperazine rings is 1. The molecular weight excluding hydrogens is 771 g/mol. The second kappa shape index (κ2) is 18.8. The lowest BCUT2D eigenvalue weighted by molar-refractivity contribution is 0.0195. The number of nitrogens with one attached hydrogen (secondary N) is 2. The molecule has 0 spiro atoms. The molecule has 3 fully saturated rings. The minimum Gasteiger partial charge on any atom is -0.461 e. The van der Waals surface area contributed by atoms with Gasteiger partial charge in [-0.3, -0.25) is 28.9 Å². The lowest BCUT2D eigenvalue weighted by Crippen LogP contribution is -2.47. The smallest absolute Gasteiger partial charge is 0.343 e. The molecule has 1 saturated carbocycles. The molecule has 2 aliphatic heterocycles. The van der Waals surface area contributed by atoms with E-state index in [0.717, 1.165) is 55.2 Å². The SMILES string of the molecule is Cc1ccc(Nc2cc(=O)n(CCCCN3CCN(c4c(F)cc5c(=O)c(C(=O)OCCN6CCOCC6)cn(C6CC6)c5c4F)CC3)c(=O)[nH]2)cc1C.Cl.Cl. The van der Waals surface area contributed by atoms with Crippen molar-refractivity contribution in [2.24, 2.45) is 0 Å². The minimum atomic E-state index is -0.850. The number of rotatable bonds is 13. The van der Waals surface area contributed by atoms with Crippen LogP contribution in [0.1, 0.15) is 53.2 Å². The number of H-pyrrole nitrogens is 1. The van der Waals surface area contributed by atoms with Crippen molar-refractivity contribution in [3.63, 3.8) is 0 Å². The van der Waals surface area contributed by atoms with Crippen LogP contribution in [-0.4, -0.2) is 102 Å². The summed E-state index contributed by atoms with van der Waals surface area (Å²) in [6.07, 6.45) is 4.21. The van der Waals surface area contributed by atoms with Crippen molar-refractivity contribution < 1.29 is 23.0 Å². The molecule has 3 aliphatic rings. The highest BCUT2D eigenvalue weighted by atomic mass is 35.5. The summed E-state index contributed by atoms with van der Waals surface area (Å²) in [5, 5.41) is 2.92. The molecule has 4 heterocycles. The zero-order valence-electron chi connectivity index (χ0n) is 31.6. The Bertz CT molecular complexity index is 2180. The fraction of sp³-hybridized carbons (Fsp3) is 0.487. The standard InChI is InChI=1S/C39H47F2N7O6.2ClH/c1-25-5-6-27(21-26(25)2)42-32-23-33(49)47(39(52)43-32)10-4-3-9-44-11-13-46(14-12-44)36-31(40)22-29-35(34(36)41)48(28-7-8-28)24-30(37(29)50)38(51)54-20-17-45-15-18-53-19-16-45;;/h5-6,21-24,28,42H,3-4,7-20H2,1-2H3,(H,43,52);2*1H. The lowest BCUT2D eigenvalue weighted by Gasteiger charge is -2.36. The fourth-order valence-corrected chi connectivity index (χ4v) is 7.25. The number of anilines is 3. The lowest BCUT2D eigenvalue weighted by atomic mass is 10.1. The number of hydrogen-bond donors (Lipinski definition) is 2. The monoisotopic (exact) mass is 819 g/mol. The molecule has 4 aromatic rings. The first-order valence-corrected chi connectivity index (χ1v) is 18.8. The molecule has 2 aromatic heterocycles. The van der Waals surface area contributed by atoms with Crippen molar-refractivity contribution in [3.8, 4) is 0 Å². The van der Waals surface area contributed by atoms with Crippen molar-refractivity contribution in [3.05, 3.63) is 95.9 Å². The second-order valence-electron chi connectivity index (χ2n) is 14.5. The van der Waals surface area contributed by atoms with Gasteiger partial charge in [-0.1, -0.05) is 6.07 Å². The molecule has 1 aliphatic carbocycles. The molecular formula is C39H49Cl2F2N7O6. The van der Waals surface area contributed by atoms with Crippen LogP contribution in [0.2, 0.25) is 0 Å². The van der Waals surface area contributed by atoms with Gasteiger partial charge in [-0.25, -0.2) is 18.4 Å². The first-order valence-electron chi connectivity index (χ1n) is 18.8. The van der Waals surface area contributed by atoms with Gasteiger partial charge in [0.25, 0.3) is 5.56 Å². The summed E-state index contributed by atoms with van der Waals surface area (Å²) in [5.74, 6) is -2.13. The Morgan fingerprint density at radius 1 is 0.893 bits per heavy atom. The van der Waals surface area contributed by atoms with Gasteiger partial charge in [0.05, 0.1) is 24.1 Å². The van der Waals surface area contributed by atoms with E-state index in [4.69, 9.17) is 9.47 Å². The van der Waals surface area contributed by atoms with Gasteiger partial charge in [-0.2, -0.15) is 0 Å². The third-order valence-corrected chi connectivity index (χ3v) is 10.7. The summed E-state index contributed by atoms with van der Waals surface area (Å²) in [4.78, 5) is 60.7. The van der Waals surface area contributed by atoms with E-state index in [1.807, 2.05) is 32.0 Å². The number of hydrogen-bond acceptors (Lipinski definition) is 10. The van der Waals surface area contributed by atoms with Crippen LogP contribution >= 0.6 is 24.8 Å². The van der Waals surface area contributed by atoms with Gasteiger partial charge >= 0.3 is 11.7 Å². The normalized spacial score (nSPS) is 16.3. The van der Waals surface area contributed by atoms with Gasteiger partial charge in [0.15, 0.2) is 5.82 Å². The molecule has 0 radical (unpaired) electrons. The van der Waals surface area contributed by atoms with Crippen molar-refractivity contribution in [1.82, 2.24) is 23.9 Å². The number of benzene rings is 2. The summed E-state index contributed by atoms with van der Waals surface area (Å²) in [6, 6.07) is 8.15. The number of unbranched alkanes of at least 4 members (excludes halogenated alkanes) is 1. The Morgan fingerprint density at radius 2 is 1.59 bits per heavy atom. The summed E-state index contributed by atoms with van der Waals surface area (Å²) in [7, 11) is 0. The van der Waals surface area contributed by atoms with Crippen LogP contribution < -0.4 is 26.9 Å². The maximum absolute atomic E-state index is 16.4. The van der Waals surface area contributed by atoms with Crippen molar-refractivity contribution in [2.45, 2.75) is 52.1 Å². The number of halogens is 4. The first-order chi connectivity index (χ1) is 26.1. The molecule has 2 saturated heterocycles. The van der Waals surface area contributed by atoms with Gasteiger partial charge in [-0.05, 0) is 75.4 Å². The van der Waals surface area contributed by atoms with E-state index in [1.165, 1.54) is 16.8 Å². The maximum Gasteiger partial charge on any atom is 0.343 e. The van der Waals surface area contributed by atoms with Gasteiger partial charge in [0, 0.05) is 76.4 Å². The molecule has 2 aromatic carbocycles. The number of esters is 1. The number of aryl methyl sites for hydroxylation is 2. The van der Waals surface area contributed by atoms with Gasteiger partial charge in [0.2, 0.25) is 5.43 Å². The Labute approximate surface area is 335 Å². The van der Waals surface area contributed by atoms with E-state index in [1.54, 1.807) is 9.47 Å². The number of ether oxygens (including phenoxy) is 2. The van der Waals surface area contributed by atoms with Crippen LogP contribution in [-0.2, 0) is 16.0 Å². The van der Waals surface area contributed by atoms with Crippen LogP contribution in [0.5, 0.6) is 0 Å². The Morgan fingerprint density at radius 3 is 2.27 bits per heavy atom. The Balaban J connectivity index is 0.00000300. The van der Waals surface area contributed by atoms with Gasteiger partial charge in [0.1, 0.15) is 29.5 Å². The number of morpholine rings is 1. The van der Waals surface area contributed by atoms with Gasteiger partial charge < -0.3 is 24.3 Å². The minimum absolute atomic E-state index is 0. The van der Waals surface area contributed by atoms with Gasteiger partial charge in [-0.15, -0.1) is 24.8 Å². The van der Waals surface area contributed by atoms with E-state index >= 15 is 8.78 Å². The molecule has 0 atom stereocenters. The fourth-order valence-electron chi connectivity index (χ4n) is 7.25. The highest BCUT2D eigenvalue weighted by Gasteiger charge is 2.32. The third kappa shape index (κ3) is 9.63. The van der Waals surface area contributed by atoms with E-state index in [-0.39, 0.29) is 71.7 Å². The van der Waals surface area contributed by atoms with Crippen molar-refractivity contribution >= 4 is 58.9 Å². The van der Waals surface area contributed by atoms with E-state index in [2.05, 4.69) is 20.1 Å². The number of pyridine rings is 1. The molecule has 304 valence electrons. The molecule has 0 bridgehead atoms. The molecule has 7 rings (SSSR count). The number of carbonyl (C=O) groups excluding carboxylic acids is 1. The van der Waals surface area contributed by atoms with Crippen molar-refractivity contribution in [1.29, 1.82) is 0 Å². The second-order valence-corrected chi connectivity index (χ2v) is 14.5. The summed E-state index contributed by atoms with van der Waals surface area (Å²) < 4.78 is 45.7. The Kier molecular flexibility index (Phi) is 14.4. The predicted molar refractivity (Wildman–Crippen MR) is 217 cm³/mol. The van der Waals surface area contributed by atoms with Crippen molar-refractivity contribution in [2.75, 3.05) is 82.4 Å². The van der Waals surface area contributed by atoms with Crippen LogP contribution in [0.3, 0.4) is 0 Å². The largest absolute Gasteiger partial charge is 0.461 e. The quantitative estimate of drug-likeness (QED) is 0.144. The molecule has 17 heteroatoms. The highest BCUT2D eigenvalue weighted by molar-refractivity contribution is 5.95. The number of carbonyl (C=O) groups is 1. The van der Waals surface area contributed by atoms with Crippen LogP contribution in [0.15, 0.2) is 50.9 Å². The molecule has 13 nitrogen and oxygen atoms in total.